The van der Waals surface area contributed by atoms with Crippen molar-refractivity contribution in [2.24, 2.45) is 0 Å². The van der Waals surface area contributed by atoms with E-state index >= 15 is 0 Å². The van der Waals surface area contributed by atoms with Gasteiger partial charge in [0.1, 0.15) is 0 Å². The smallest absolute Gasteiger partial charge is 0.0700 e. The Bertz CT molecular complexity index is 320. The van der Waals surface area contributed by atoms with Crippen molar-refractivity contribution >= 4 is 15.9 Å². The van der Waals surface area contributed by atoms with Gasteiger partial charge in [-0.3, -0.25) is 0 Å². The van der Waals surface area contributed by atoms with Gasteiger partial charge in [0.05, 0.1) is 19.8 Å². The fourth-order valence-electron chi connectivity index (χ4n) is 1.49. The molecule has 17 heavy (non-hydrogen) atoms. The van der Waals surface area contributed by atoms with Crippen LogP contribution < -0.4 is 5.32 Å². The third kappa shape index (κ3) is 6.17. The van der Waals surface area contributed by atoms with E-state index in [-0.39, 0.29) is 0 Å². The van der Waals surface area contributed by atoms with Crippen LogP contribution in [-0.2, 0) is 9.47 Å². The Morgan fingerprint density at radius 1 is 1.29 bits per heavy atom. The van der Waals surface area contributed by atoms with Gasteiger partial charge in [-0.2, -0.15) is 0 Å². The highest BCUT2D eigenvalue weighted by Gasteiger charge is 2.04. The summed E-state index contributed by atoms with van der Waals surface area (Å²) >= 11 is 3.47. The van der Waals surface area contributed by atoms with Gasteiger partial charge < -0.3 is 14.8 Å². The van der Waals surface area contributed by atoms with E-state index in [1.165, 1.54) is 5.56 Å². The normalized spacial score (nSPS) is 12.6. The largest absolute Gasteiger partial charge is 0.382 e. The van der Waals surface area contributed by atoms with E-state index in [9.17, 15) is 0 Å². The molecule has 3 nitrogen and oxygen atoms in total. The Kier molecular flexibility index (Phi) is 7.44. The standard InChI is InChI=1S/C13H20BrNO2/c1-11(12-4-3-5-13(14)10-12)15-6-7-17-9-8-16-2/h3-5,10-11,15H,6-9H2,1-2H3/t11-/m1/s1. The summed E-state index contributed by atoms with van der Waals surface area (Å²) in [6.07, 6.45) is 0. The van der Waals surface area contributed by atoms with Crippen molar-refractivity contribution in [3.8, 4) is 0 Å². The first kappa shape index (κ1) is 14.6. The van der Waals surface area contributed by atoms with Crippen LogP contribution in [0, 0.1) is 0 Å². The molecule has 0 aliphatic rings. The van der Waals surface area contributed by atoms with Crippen molar-refractivity contribution < 1.29 is 9.47 Å². The zero-order valence-electron chi connectivity index (χ0n) is 10.4. The average molecular weight is 302 g/mol. The van der Waals surface area contributed by atoms with Crippen molar-refractivity contribution in [3.05, 3.63) is 34.3 Å². The summed E-state index contributed by atoms with van der Waals surface area (Å²) in [5.41, 5.74) is 1.27. The fourth-order valence-corrected chi connectivity index (χ4v) is 1.90. The molecule has 0 unspecified atom stereocenters. The molecular formula is C13H20BrNO2. The number of benzene rings is 1. The molecule has 1 aromatic rings. The Morgan fingerprint density at radius 2 is 2.12 bits per heavy atom. The monoisotopic (exact) mass is 301 g/mol. The lowest BCUT2D eigenvalue weighted by Gasteiger charge is -2.14. The van der Waals surface area contributed by atoms with Crippen LogP contribution in [0.2, 0.25) is 0 Å². The Balaban J connectivity index is 2.19. The molecule has 0 radical (unpaired) electrons. The van der Waals surface area contributed by atoms with Crippen LogP contribution >= 0.6 is 15.9 Å². The SMILES string of the molecule is COCCOCCN[C@H](C)c1cccc(Br)c1. The topological polar surface area (TPSA) is 30.5 Å². The highest BCUT2D eigenvalue weighted by Crippen LogP contribution is 2.17. The summed E-state index contributed by atoms with van der Waals surface area (Å²) in [5.74, 6) is 0. The highest BCUT2D eigenvalue weighted by molar-refractivity contribution is 9.10. The van der Waals surface area contributed by atoms with Gasteiger partial charge in [0.25, 0.3) is 0 Å². The molecule has 0 saturated heterocycles. The van der Waals surface area contributed by atoms with Crippen LogP contribution in [0.4, 0.5) is 0 Å². The lowest BCUT2D eigenvalue weighted by atomic mass is 10.1. The fraction of sp³-hybridized carbons (Fsp3) is 0.538. The molecular weight excluding hydrogens is 282 g/mol. The first-order valence-corrected chi connectivity index (χ1v) is 6.59. The zero-order valence-corrected chi connectivity index (χ0v) is 12.0. The summed E-state index contributed by atoms with van der Waals surface area (Å²) < 4.78 is 11.4. The molecule has 1 atom stereocenters. The summed E-state index contributed by atoms with van der Waals surface area (Å²) in [4.78, 5) is 0. The van der Waals surface area contributed by atoms with Crippen molar-refractivity contribution in [1.82, 2.24) is 5.32 Å². The van der Waals surface area contributed by atoms with Gasteiger partial charge in [0, 0.05) is 24.2 Å². The minimum atomic E-state index is 0.332. The van der Waals surface area contributed by atoms with Gasteiger partial charge in [-0.05, 0) is 24.6 Å². The van der Waals surface area contributed by atoms with Crippen molar-refractivity contribution in [2.45, 2.75) is 13.0 Å². The Hall–Kier alpha value is -0.420. The third-order valence-electron chi connectivity index (χ3n) is 2.48. The van der Waals surface area contributed by atoms with Crippen LogP contribution in [0.3, 0.4) is 0 Å². The van der Waals surface area contributed by atoms with E-state index in [2.05, 4.69) is 40.3 Å². The number of ether oxygens (including phenoxy) is 2. The molecule has 0 heterocycles. The first-order chi connectivity index (χ1) is 8.24. The van der Waals surface area contributed by atoms with E-state index in [1.54, 1.807) is 7.11 Å². The van der Waals surface area contributed by atoms with E-state index < -0.39 is 0 Å². The molecule has 0 spiro atoms. The van der Waals surface area contributed by atoms with Gasteiger partial charge in [0.2, 0.25) is 0 Å². The minimum absolute atomic E-state index is 0.332. The maximum Gasteiger partial charge on any atom is 0.0700 e. The van der Waals surface area contributed by atoms with Gasteiger partial charge in [0.15, 0.2) is 0 Å². The quantitative estimate of drug-likeness (QED) is 0.749. The molecule has 0 aromatic heterocycles. The van der Waals surface area contributed by atoms with E-state index in [1.807, 2.05) is 12.1 Å². The number of methoxy groups -OCH3 is 1. The minimum Gasteiger partial charge on any atom is -0.382 e. The number of rotatable bonds is 8. The van der Waals surface area contributed by atoms with Crippen molar-refractivity contribution in [1.29, 1.82) is 0 Å². The predicted octanol–water partition coefficient (Wildman–Crippen LogP) is 2.76. The van der Waals surface area contributed by atoms with Crippen LogP contribution in [-0.4, -0.2) is 33.5 Å². The number of hydrogen-bond acceptors (Lipinski definition) is 3. The second-order valence-electron chi connectivity index (χ2n) is 3.84. The zero-order chi connectivity index (χ0) is 12.5. The maximum atomic E-state index is 5.39. The van der Waals surface area contributed by atoms with E-state index in [0.717, 1.165) is 11.0 Å². The highest BCUT2D eigenvalue weighted by atomic mass is 79.9. The second kappa shape index (κ2) is 8.64. The first-order valence-electron chi connectivity index (χ1n) is 5.79. The number of hydrogen-bond donors (Lipinski definition) is 1. The van der Waals surface area contributed by atoms with Crippen LogP contribution in [0.25, 0.3) is 0 Å². The number of halogens is 1. The van der Waals surface area contributed by atoms with Gasteiger partial charge >= 0.3 is 0 Å². The molecule has 0 saturated carbocycles. The van der Waals surface area contributed by atoms with Crippen LogP contribution in [0.5, 0.6) is 0 Å². The average Bonchev–Trinajstić information content (AvgIpc) is 2.33. The molecule has 0 aliphatic carbocycles. The summed E-state index contributed by atoms with van der Waals surface area (Å²) in [6.45, 7) is 5.01. The maximum absolute atomic E-state index is 5.39. The lowest BCUT2D eigenvalue weighted by molar-refractivity contribution is 0.0712. The van der Waals surface area contributed by atoms with E-state index in [0.29, 0.717) is 25.9 Å². The van der Waals surface area contributed by atoms with Gasteiger partial charge in [-0.1, -0.05) is 28.1 Å². The van der Waals surface area contributed by atoms with Gasteiger partial charge in [-0.15, -0.1) is 0 Å². The molecule has 1 rings (SSSR count). The van der Waals surface area contributed by atoms with Crippen molar-refractivity contribution in [3.63, 3.8) is 0 Å². The molecule has 0 aliphatic heterocycles. The Labute approximate surface area is 112 Å². The summed E-state index contributed by atoms with van der Waals surface area (Å²) in [7, 11) is 1.68. The molecule has 96 valence electrons. The number of nitrogens with one attached hydrogen (secondary N) is 1. The van der Waals surface area contributed by atoms with Crippen molar-refractivity contribution in [2.75, 3.05) is 33.5 Å². The summed E-state index contributed by atoms with van der Waals surface area (Å²) in [5, 5.41) is 3.42. The molecule has 1 N–H and O–H groups in total. The van der Waals surface area contributed by atoms with Crippen LogP contribution in [0.1, 0.15) is 18.5 Å². The Morgan fingerprint density at radius 3 is 2.82 bits per heavy atom. The lowest BCUT2D eigenvalue weighted by Crippen LogP contribution is -2.23. The molecule has 0 fully saturated rings. The van der Waals surface area contributed by atoms with E-state index in [4.69, 9.17) is 9.47 Å². The summed E-state index contributed by atoms with van der Waals surface area (Å²) in [6, 6.07) is 8.66. The molecule has 0 amide bonds. The molecule has 4 heteroatoms. The molecule has 0 bridgehead atoms. The van der Waals surface area contributed by atoms with Crippen LogP contribution in [0.15, 0.2) is 28.7 Å². The second-order valence-corrected chi connectivity index (χ2v) is 4.75. The third-order valence-corrected chi connectivity index (χ3v) is 2.97. The molecule has 1 aromatic carbocycles. The predicted molar refractivity (Wildman–Crippen MR) is 73.3 cm³/mol. The van der Waals surface area contributed by atoms with Gasteiger partial charge in [-0.25, -0.2) is 0 Å².